The van der Waals surface area contributed by atoms with Gasteiger partial charge in [0.2, 0.25) is 0 Å². The van der Waals surface area contributed by atoms with Crippen LogP contribution < -0.4 is 0 Å². The van der Waals surface area contributed by atoms with Crippen molar-refractivity contribution in [3.63, 3.8) is 0 Å². The number of rotatable bonds is 2. The minimum Gasteiger partial charge on any atom is -0.343 e. The summed E-state index contributed by atoms with van der Waals surface area (Å²) in [6, 6.07) is 3.42. The number of hydrogen-bond donors (Lipinski definition) is 1. The second kappa shape index (κ2) is 4.01. The van der Waals surface area contributed by atoms with Crippen molar-refractivity contribution in [1.82, 2.24) is 9.97 Å². The zero-order chi connectivity index (χ0) is 11.7. The van der Waals surface area contributed by atoms with E-state index in [0.717, 1.165) is 6.07 Å². The molecule has 5 nitrogen and oxygen atoms in total. The predicted octanol–water partition coefficient (Wildman–Crippen LogP) is 2.89. The van der Waals surface area contributed by atoms with Crippen molar-refractivity contribution < 1.29 is 9.31 Å². The van der Waals surface area contributed by atoms with Crippen LogP contribution in [0.2, 0.25) is 0 Å². The summed E-state index contributed by atoms with van der Waals surface area (Å²) in [7, 11) is 0. The fourth-order valence-corrected chi connectivity index (χ4v) is 1.54. The molecule has 0 spiro atoms. The molecule has 0 aliphatic carbocycles. The van der Waals surface area contributed by atoms with E-state index < -0.39 is 10.7 Å². The highest BCUT2D eigenvalue weighted by atomic mass is 79.9. The van der Waals surface area contributed by atoms with Crippen molar-refractivity contribution in [3.8, 4) is 11.4 Å². The largest absolute Gasteiger partial charge is 0.343 e. The molecule has 2 rings (SSSR count). The Bertz CT molecular complexity index is 555. The van der Waals surface area contributed by atoms with Gasteiger partial charge in [0.15, 0.2) is 0 Å². The molecule has 0 aliphatic heterocycles. The van der Waals surface area contributed by atoms with Crippen molar-refractivity contribution in [1.29, 1.82) is 0 Å². The van der Waals surface area contributed by atoms with Crippen molar-refractivity contribution in [2.45, 2.75) is 0 Å². The van der Waals surface area contributed by atoms with Gasteiger partial charge in [0.1, 0.15) is 16.2 Å². The van der Waals surface area contributed by atoms with E-state index in [0.29, 0.717) is 10.4 Å². The van der Waals surface area contributed by atoms with Crippen LogP contribution in [-0.2, 0) is 0 Å². The minimum absolute atomic E-state index is 0.191. The van der Waals surface area contributed by atoms with Crippen LogP contribution in [0.25, 0.3) is 11.4 Å². The fraction of sp³-hybridized carbons (Fsp3) is 0. The van der Waals surface area contributed by atoms with Crippen LogP contribution in [-0.4, -0.2) is 14.9 Å². The van der Waals surface area contributed by atoms with Gasteiger partial charge in [0.05, 0.1) is 16.6 Å². The third-order valence-electron chi connectivity index (χ3n) is 1.97. The molecule has 0 saturated heterocycles. The number of halogens is 2. The molecule has 1 heterocycles. The van der Waals surface area contributed by atoms with Gasteiger partial charge in [0, 0.05) is 12.3 Å². The third kappa shape index (κ3) is 1.94. The Morgan fingerprint density at radius 3 is 2.75 bits per heavy atom. The second-order valence-corrected chi connectivity index (χ2v) is 3.81. The Hall–Kier alpha value is -1.76. The van der Waals surface area contributed by atoms with E-state index in [4.69, 9.17) is 0 Å². The van der Waals surface area contributed by atoms with Gasteiger partial charge < -0.3 is 4.98 Å². The van der Waals surface area contributed by atoms with Gasteiger partial charge in [0.25, 0.3) is 5.69 Å². The molecule has 0 radical (unpaired) electrons. The summed E-state index contributed by atoms with van der Waals surface area (Å²) in [6.07, 6.45) is 1.55. The van der Waals surface area contributed by atoms with Crippen LogP contribution in [0.1, 0.15) is 0 Å². The molecule has 16 heavy (non-hydrogen) atoms. The number of imidazole rings is 1. The molecule has 1 aromatic heterocycles. The smallest absolute Gasteiger partial charge is 0.272 e. The molecular formula is C9H5BrFN3O2. The number of nitrogens with zero attached hydrogens (tertiary/aromatic N) is 2. The summed E-state index contributed by atoms with van der Waals surface area (Å²) < 4.78 is 14.1. The van der Waals surface area contributed by atoms with Gasteiger partial charge in [-0.15, -0.1) is 0 Å². The van der Waals surface area contributed by atoms with Crippen LogP contribution in [0.3, 0.4) is 0 Å². The Morgan fingerprint density at radius 1 is 1.50 bits per heavy atom. The maximum atomic E-state index is 13.5. The molecule has 0 fully saturated rings. The lowest BCUT2D eigenvalue weighted by atomic mass is 10.2. The van der Waals surface area contributed by atoms with E-state index in [2.05, 4.69) is 25.9 Å². The Kier molecular flexibility index (Phi) is 2.69. The van der Waals surface area contributed by atoms with Gasteiger partial charge in [-0.25, -0.2) is 9.37 Å². The first-order valence-corrected chi connectivity index (χ1v) is 5.02. The van der Waals surface area contributed by atoms with Crippen LogP contribution >= 0.6 is 15.9 Å². The summed E-state index contributed by atoms with van der Waals surface area (Å²) in [5.74, 6) is -0.365. The summed E-state index contributed by atoms with van der Waals surface area (Å²) >= 11 is 3.12. The van der Waals surface area contributed by atoms with Gasteiger partial charge in [-0.05, 0) is 22.0 Å². The van der Waals surface area contributed by atoms with Crippen LogP contribution in [0.5, 0.6) is 0 Å². The summed E-state index contributed by atoms with van der Waals surface area (Å²) in [5.41, 5.74) is -0.0943. The van der Waals surface area contributed by atoms with Gasteiger partial charge in [-0.2, -0.15) is 0 Å². The standard InChI is InChI=1S/C9H5BrFN3O2/c10-8-4-12-9(13-8)6-2-1-5(14(15)16)3-7(6)11/h1-4H,(H,12,13). The lowest BCUT2D eigenvalue weighted by molar-refractivity contribution is -0.385. The number of hydrogen-bond acceptors (Lipinski definition) is 3. The lowest BCUT2D eigenvalue weighted by Gasteiger charge is -1.98. The molecule has 7 heteroatoms. The van der Waals surface area contributed by atoms with E-state index >= 15 is 0 Å². The lowest BCUT2D eigenvalue weighted by Crippen LogP contribution is -1.92. The number of nitro groups is 1. The maximum absolute atomic E-state index is 13.5. The average molecular weight is 286 g/mol. The van der Waals surface area contributed by atoms with Crippen molar-refractivity contribution >= 4 is 21.6 Å². The predicted molar refractivity (Wildman–Crippen MR) is 58.3 cm³/mol. The molecule has 0 unspecified atom stereocenters. The Labute approximate surface area is 97.6 Å². The monoisotopic (exact) mass is 285 g/mol. The molecule has 1 aromatic carbocycles. The molecule has 2 aromatic rings. The van der Waals surface area contributed by atoms with Gasteiger partial charge in [-0.1, -0.05) is 0 Å². The van der Waals surface area contributed by atoms with Crippen LogP contribution in [0, 0.1) is 15.9 Å². The highest BCUT2D eigenvalue weighted by Crippen LogP contribution is 2.24. The zero-order valence-corrected chi connectivity index (χ0v) is 9.36. The number of benzene rings is 1. The van der Waals surface area contributed by atoms with Crippen molar-refractivity contribution in [2.24, 2.45) is 0 Å². The molecule has 0 bridgehead atoms. The van der Waals surface area contributed by atoms with Crippen molar-refractivity contribution in [2.75, 3.05) is 0 Å². The highest BCUT2D eigenvalue weighted by Gasteiger charge is 2.13. The average Bonchev–Trinajstić information content (AvgIpc) is 2.64. The minimum atomic E-state index is -0.684. The molecule has 82 valence electrons. The van der Waals surface area contributed by atoms with Gasteiger partial charge in [-0.3, -0.25) is 10.1 Å². The quantitative estimate of drug-likeness (QED) is 0.681. The SMILES string of the molecule is O=[N+]([O-])c1ccc(-c2nc(Br)c[nH]2)c(F)c1. The third-order valence-corrected chi connectivity index (χ3v) is 2.37. The van der Waals surface area contributed by atoms with Crippen LogP contribution in [0.15, 0.2) is 29.0 Å². The first-order chi connectivity index (χ1) is 7.58. The zero-order valence-electron chi connectivity index (χ0n) is 7.78. The molecule has 0 saturated carbocycles. The van der Waals surface area contributed by atoms with Crippen molar-refractivity contribution in [3.05, 3.63) is 44.9 Å². The Balaban J connectivity index is 2.47. The molecule has 0 amide bonds. The van der Waals surface area contributed by atoms with E-state index in [-0.39, 0.29) is 11.3 Å². The number of nitro benzene ring substituents is 1. The molecule has 1 N–H and O–H groups in total. The van der Waals surface area contributed by atoms with E-state index in [9.17, 15) is 14.5 Å². The number of aromatic amines is 1. The second-order valence-electron chi connectivity index (χ2n) is 2.99. The number of aromatic nitrogens is 2. The summed E-state index contributed by atoms with van der Waals surface area (Å²) in [6.45, 7) is 0. The van der Waals surface area contributed by atoms with Gasteiger partial charge >= 0.3 is 0 Å². The molecule has 0 atom stereocenters. The number of H-pyrrole nitrogens is 1. The topological polar surface area (TPSA) is 71.8 Å². The normalized spacial score (nSPS) is 10.4. The maximum Gasteiger partial charge on any atom is 0.272 e. The fourth-order valence-electron chi connectivity index (χ4n) is 1.25. The van der Waals surface area contributed by atoms with E-state index in [1.165, 1.54) is 12.1 Å². The molecular weight excluding hydrogens is 281 g/mol. The summed E-state index contributed by atoms with van der Waals surface area (Å²) in [4.78, 5) is 16.5. The summed E-state index contributed by atoms with van der Waals surface area (Å²) in [5, 5.41) is 10.4. The number of non-ortho nitro benzene ring substituents is 1. The van der Waals surface area contributed by atoms with E-state index in [1.807, 2.05) is 0 Å². The number of nitrogens with one attached hydrogen (secondary N) is 1. The first-order valence-electron chi connectivity index (χ1n) is 4.23. The first kappa shape index (κ1) is 10.7. The van der Waals surface area contributed by atoms with E-state index in [1.54, 1.807) is 6.20 Å². The molecule has 0 aliphatic rings. The van der Waals surface area contributed by atoms with Crippen LogP contribution in [0.4, 0.5) is 10.1 Å². The highest BCUT2D eigenvalue weighted by molar-refractivity contribution is 9.10. The Morgan fingerprint density at radius 2 is 2.25 bits per heavy atom.